The van der Waals surface area contributed by atoms with Crippen molar-refractivity contribution in [3.05, 3.63) is 29.3 Å². The van der Waals surface area contributed by atoms with Crippen LogP contribution >= 0.6 is 0 Å². The van der Waals surface area contributed by atoms with E-state index in [1.807, 2.05) is 13.8 Å². The molecular formula is C15H22F2N2O. The molecule has 2 rings (SSSR count). The van der Waals surface area contributed by atoms with Gasteiger partial charge in [-0.1, -0.05) is 6.92 Å². The highest BCUT2D eigenvalue weighted by Crippen LogP contribution is 2.29. The normalized spacial score (nSPS) is 22.2. The van der Waals surface area contributed by atoms with E-state index in [1.54, 1.807) is 11.9 Å². The topological polar surface area (TPSA) is 24.5 Å². The zero-order chi connectivity index (χ0) is 14.7. The minimum atomic E-state index is -0.514. The van der Waals surface area contributed by atoms with Gasteiger partial charge in [0.25, 0.3) is 0 Å². The van der Waals surface area contributed by atoms with Crippen molar-refractivity contribution >= 4 is 5.69 Å². The van der Waals surface area contributed by atoms with Crippen LogP contribution in [0.5, 0.6) is 0 Å². The van der Waals surface area contributed by atoms with Gasteiger partial charge in [-0.2, -0.15) is 0 Å². The van der Waals surface area contributed by atoms with E-state index in [9.17, 15) is 8.78 Å². The summed E-state index contributed by atoms with van der Waals surface area (Å²) in [6.45, 7) is 5.76. The minimum Gasteiger partial charge on any atom is -0.376 e. The fourth-order valence-corrected chi connectivity index (χ4v) is 2.72. The van der Waals surface area contributed by atoms with Crippen molar-refractivity contribution in [1.82, 2.24) is 5.32 Å². The first kappa shape index (κ1) is 15.2. The monoisotopic (exact) mass is 284 g/mol. The molecule has 2 atom stereocenters. The lowest BCUT2D eigenvalue weighted by Crippen LogP contribution is -2.37. The smallest absolute Gasteiger partial charge is 0.149 e. The van der Waals surface area contributed by atoms with Gasteiger partial charge in [-0.3, -0.25) is 0 Å². The van der Waals surface area contributed by atoms with Crippen LogP contribution in [0.1, 0.15) is 25.8 Å². The van der Waals surface area contributed by atoms with Gasteiger partial charge in [-0.15, -0.1) is 0 Å². The average molecular weight is 284 g/mol. The first-order chi connectivity index (χ1) is 9.54. The molecule has 1 fully saturated rings. The van der Waals surface area contributed by atoms with Crippen molar-refractivity contribution in [2.45, 2.75) is 39.0 Å². The molecule has 0 saturated carbocycles. The molecule has 5 heteroatoms. The highest BCUT2D eigenvalue weighted by molar-refractivity contribution is 5.51. The number of anilines is 1. The van der Waals surface area contributed by atoms with E-state index in [1.165, 1.54) is 12.1 Å². The number of hydrogen-bond acceptors (Lipinski definition) is 3. The number of rotatable bonds is 5. The van der Waals surface area contributed by atoms with E-state index < -0.39 is 11.6 Å². The third-order valence-corrected chi connectivity index (χ3v) is 3.84. The van der Waals surface area contributed by atoms with Gasteiger partial charge in [-0.05, 0) is 37.6 Å². The summed E-state index contributed by atoms with van der Waals surface area (Å²) in [7, 11) is 1.72. The molecule has 0 bridgehead atoms. The maximum atomic E-state index is 14.2. The Morgan fingerprint density at radius 1 is 1.35 bits per heavy atom. The first-order valence-electron chi connectivity index (χ1n) is 7.07. The molecule has 3 nitrogen and oxygen atoms in total. The Labute approximate surface area is 118 Å². The van der Waals surface area contributed by atoms with Crippen molar-refractivity contribution in [2.24, 2.45) is 0 Å². The summed E-state index contributed by atoms with van der Waals surface area (Å²) < 4.78 is 33.9. The number of nitrogens with zero attached hydrogens (tertiary/aromatic N) is 1. The largest absolute Gasteiger partial charge is 0.376 e. The van der Waals surface area contributed by atoms with Gasteiger partial charge in [0.2, 0.25) is 0 Å². The van der Waals surface area contributed by atoms with Gasteiger partial charge in [-0.25, -0.2) is 8.78 Å². The van der Waals surface area contributed by atoms with Crippen LogP contribution < -0.4 is 10.2 Å². The van der Waals surface area contributed by atoms with Gasteiger partial charge in [0.1, 0.15) is 17.3 Å². The third kappa shape index (κ3) is 3.10. The molecule has 2 unspecified atom stereocenters. The first-order valence-corrected chi connectivity index (χ1v) is 7.07. The van der Waals surface area contributed by atoms with E-state index in [0.29, 0.717) is 18.7 Å². The molecule has 1 saturated heterocycles. The summed E-state index contributed by atoms with van der Waals surface area (Å²) in [6.07, 6.45) is 0.774. The SMILES string of the molecule is CCNCc1cc(F)c(N(C)C2CCOC2C)c(F)c1. The van der Waals surface area contributed by atoms with Crippen LogP contribution in [0.2, 0.25) is 0 Å². The highest BCUT2D eigenvalue weighted by Gasteiger charge is 2.30. The fraction of sp³-hybridized carbons (Fsp3) is 0.600. The maximum absolute atomic E-state index is 14.2. The minimum absolute atomic E-state index is 0.0126. The highest BCUT2D eigenvalue weighted by atomic mass is 19.1. The molecule has 0 amide bonds. The maximum Gasteiger partial charge on any atom is 0.149 e. The van der Waals surface area contributed by atoms with Crippen molar-refractivity contribution in [1.29, 1.82) is 0 Å². The summed E-state index contributed by atoms with van der Waals surface area (Å²) in [6, 6.07) is 2.81. The predicted molar refractivity (Wildman–Crippen MR) is 76.0 cm³/mol. The third-order valence-electron chi connectivity index (χ3n) is 3.84. The lowest BCUT2D eigenvalue weighted by Gasteiger charge is -2.29. The average Bonchev–Trinajstić information content (AvgIpc) is 2.81. The predicted octanol–water partition coefficient (Wildman–Crippen LogP) is 2.69. The summed E-state index contributed by atoms with van der Waals surface area (Å²) in [5.74, 6) is -1.03. The Kier molecular flexibility index (Phi) is 4.94. The van der Waals surface area contributed by atoms with Crippen molar-refractivity contribution in [2.75, 3.05) is 25.1 Å². The van der Waals surface area contributed by atoms with E-state index in [0.717, 1.165) is 13.0 Å². The molecule has 0 radical (unpaired) electrons. The number of hydrogen-bond donors (Lipinski definition) is 1. The van der Waals surface area contributed by atoms with Gasteiger partial charge in [0.15, 0.2) is 0 Å². The zero-order valence-corrected chi connectivity index (χ0v) is 12.2. The Morgan fingerprint density at radius 2 is 2.00 bits per heavy atom. The Hall–Kier alpha value is -1.20. The molecule has 1 aromatic rings. The molecule has 1 aliphatic heterocycles. The lowest BCUT2D eigenvalue weighted by molar-refractivity contribution is 0.118. The second-order valence-corrected chi connectivity index (χ2v) is 5.23. The number of ether oxygens (including phenoxy) is 1. The van der Waals surface area contributed by atoms with Crippen molar-refractivity contribution in [3.63, 3.8) is 0 Å². The number of nitrogens with one attached hydrogen (secondary N) is 1. The second kappa shape index (κ2) is 6.50. The van der Waals surface area contributed by atoms with Gasteiger partial charge >= 0.3 is 0 Å². The van der Waals surface area contributed by atoms with Crippen LogP contribution in [-0.4, -0.2) is 32.3 Å². The summed E-state index contributed by atoms with van der Waals surface area (Å²) in [5.41, 5.74) is 0.655. The van der Waals surface area contributed by atoms with E-state index in [4.69, 9.17) is 4.74 Å². The van der Waals surface area contributed by atoms with Crippen LogP contribution in [-0.2, 0) is 11.3 Å². The van der Waals surface area contributed by atoms with Gasteiger partial charge in [0, 0.05) is 20.2 Å². The Morgan fingerprint density at radius 3 is 2.50 bits per heavy atom. The summed E-state index contributed by atoms with van der Waals surface area (Å²) in [5, 5.41) is 3.06. The van der Waals surface area contributed by atoms with E-state index in [2.05, 4.69) is 5.32 Å². The fourth-order valence-electron chi connectivity index (χ4n) is 2.72. The standard InChI is InChI=1S/C15H22F2N2O/c1-4-18-9-11-7-12(16)15(13(17)8-11)19(3)14-5-6-20-10(14)2/h7-8,10,14,18H,4-6,9H2,1-3H3. The molecule has 1 aromatic carbocycles. The molecule has 0 spiro atoms. The zero-order valence-electron chi connectivity index (χ0n) is 12.2. The van der Waals surface area contributed by atoms with Crippen LogP contribution in [0.4, 0.5) is 14.5 Å². The molecule has 20 heavy (non-hydrogen) atoms. The number of likely N-dealkylation sites (N-methyl/N-ethyl adjacent to an activating group) is 1. The number of benzene rings is 1. The molecule has 0 aliphatic carbocycles. The van der Waals surface area contributed by atoms with Crippen LogP contribution in [0.3, 0.4) is 0 Å². The Bertz CT molecular complexity index is 444. The molecule has 112 valence electrons. The quantitative estimate of drug-likeness (QED) is 0.899. The van der Waals surface area contributed by atoms with Crippen molar-refractivity contribution in [3.8, 4) is 0 Å². The summed E-state index contributed by atoms with van der Waals surface area (Å²) >= 11 is 0. The van der Waals surface area contributed by atoms with Gasteiger partial charge in [0.05, 0.1) is 12.1 Å². The molecule has 1 heterocycles. The van der Waals surface area contributed by atoms with E-state index in [-0.39, 0.29) is 17.8 Å². The van der Waals surface area contributed by atoms with Crippen LogP contribution in [0.25, 0.3) is 0 Å². The van der Waals surface area contributed by atoms with Gasteiger partial charge < -0.3 is 15.0 Å². The molecule has 0 aromatic heterocycles. The second-order valence-electron chi connectivity index (χ2n) is 5.23. The Balaban J connectivity index is 2.23. The van der Waals surface area contributed by atoms with Crippen LogP contribution in [0, 0.1) is 11.6 Å². The lowest BCUT2D eigenvalue weighted by atomic mass is 10.1. The van der Waals surface area contributed by atoms with Crippen molar-refractivity contribution < 1.29 is 13.5 Å². The molecular weight excluding hydrogens is 262 g/mol. The molecule has 1 aliphatic rings. The summed E-state index contributed by atoms with van der Waals surface area (Å²) in [4.78, 5) is 1.67. The van der Waals surface area contributed by atoms with E-state index >= 15 is 0 Å². The number of halogens is 2. The van der Waals surface area contributed by atoms with Crippen LogP contribution in [0.15, 0.2) is 12.1 Å². The molecule has 1 N–H and O–H groups in total.